The molecule has 2 aliphatic rings. The van der Waals surface area contributed by atoms with E-state index in [0.29, 0.717) is 18.3 Å². The summed E-state index contributed by atoms with van der Waals surface area (Å²) in [5.74, 6) is 0.861. The van der Waals surface area contributed by atoms with Crippen LogP contribution in [0.25, 0.3) is 10.9 Å². The van der Waals surface area contributed by atoms with E-state index in [1.54, 1.807) is 0 Å². The van der Waals surface area contributed by atoms with E-state index >= 15 is 0 Å². The minimum absolute atomic E-state index is 0.0535. The van der Waals surface area contributed by atoms with Crippen LogP contribution in [-0.2, 0) is 11.2 Å². The summed E-state index contributed by atoms with van der Waals surface area (Å²) in [5, 5.41) is 8.21. The molecule has 33 heavy (non-hydrogen) atoms. The largest absolute Gasteiger partial charge is 0.378 e. The molecule has 1 aromatic heterocycles. The number of carbonyl (C=O) groups is 1. The maximum absolute atomic E-state index is 12.6. The molecule has 1 aliphatic heterocycles. The fourth-order valence-corrected chi connectivity index (χ4v) is 5.46. The predicted octanol–water partition coefficient (Wildman–Crippen LogP) is 6.57. The number of H-pyrrole nitrogens is 1. The summed E-state index contributed by atoms with van der Waals surface area (Å²) in [6.45, 7) is 0. The van der Waals surface area contributed by atoms with Crippen molar-refractivity contribution in [1.82, 2.24) is 4.98 Å². The van der Waals surface area contributed by atoms with E-state index in [0.717, 1.165) is 24.2 Å². The Balaban J connectivity index is 1.23. The van der Waals surface area contributed by atoms with Gasteiger partial charge in [0.1, 0.15) is 0 Å². The SMILES string of the molecule is O=C(CCc1ccccc1)Nc1ccc2c(c1)C1C=CCC1C(c1c[nH]c3ccccc13)N2. The van der Waals surface area contributed by atoms with E-state index in [-0.39, 0.29) is 11.9 Å². The van der Waals surface area contributed by atoms with Crippen molar-refractivity contribution in [2.75, 3.05) is 10.6 Å². The molecule has 0 spiro atoms. The summed E-state index contributed by atoms with van der Waals surface area (Å²) in [4.78, 5) is 16.0. The van der Waals surface area contributed by atoms with Crippen LogP contribution >= 0.6 is 0 Å². The quantitative estimate of drug-likeness (QED) is 0.312. The number of allylic oxidation sites excluding steroid dienone is 2. The second kappa shape index (κ2) is 8.28. The van der Waals surface area contributed by atoms with Gasteiger partial charge in [-0.2, -0.15) is 0 Å². The van der Waals surface area contributed by atoms with E-state index in [2.05, 4.69) is 82.5 Å². The van der Waals surface area contributed by atoms with Crippen LogP contribution in [0.15, 0.2) is 91.1 Å². The van der Waals surface area contributed by atoms with Gasteiger partial charge in [0.2, 0.25) is 5.91 Å². The molecule has 164 valence electrons. The maximum Gasteiger partial charge on any atom is 0.224 e. The lowest BCUT2D eigenvalue weighted by Gasteiger charge is -2.37. The average Bonchev–Trinajstić information content (AvgIpc) is 3.51. The summed E-state index contributed by atoms with van der Waals surface area (Å²) >= 11 is 0. The Labute approximate surface area is 193 Å². The highest BCUT2D eigenvalue weighted by Crippen LogP contribution is 2.51. The Morgan fingerprint density at radius 1 is 0.970 bits per heavy atom. The molecule has 0 bridgehead atoms. The number of rotatable bonds is 5. The topological polar surface area (TPSA) is 56.9 Å². The number of aromatic amines is 1. The van der Waals surface area contributed by atoms with E-state index in [1.807, 2.05) is 24.3 Å². The number of hydrogen-bond donors (Lipinski definition) is 3. The Hall–Kier alpha value is -3.79. The van der Waals surface area contributed by atoms with Crippen LogP contribution in [0, 0.1) is 5.92 Å². The molecule has 1 amide bonds. The number of carbonyl (C=O) groups excluding carboxylic acids is 1. The first-order chi connectivity index (χ1) is 16.3. The minimum Gasteiger partial charge on any atom is -0.378 e. The van der Waals surface area contributed by atoms with Crippen molar-refractivity contribution < 1.29 is 4.79 Å². The van der Waals surface area contributed by atoms with E-state index in [1.165, 1.54) is 27.6 Å². The maximum atomic E-state index is 12.6. The third-order valence-corrected chi connectivity index (χ3v) is 7.09. The van der Waals surface area contributed by atoms with E-state index in [4.69, 9.17) is 0 Å². The first-order valence-corrected chi connectivity index (χ1v) is 11.7. The fraction of sp³-hybridized carbons (Fsp3) is 0.207. The molecule has 0 radical (unpaired) electrons. The molecular formula is C29H27N3O. The van der Waals surface area contributed by atoms with Crippen LogP contribution in [0.2, 0.25) is 0 Å². The summed E-state index contributed by atoms with van der Waals surface area (Å²) in [6, 6.07) is 25.2. The van der Waals surface area contributed by atoms with Crippen molar-refractivity contribution in [2.24, 2.45) is 5.92 Å². The highest BCUT2D eigenvalue weighted by molar-refractivity contribution is 5.91. The van der Waals surface area contributed by atoms with Gasteiger partial charge < -0.3 is 15.6 Å². The highest BCUT2D eigenvalue weighted by Gasteiger charge is 2.38. The lowest BCUT2D eigenvalue weighted by molar-refractivity contribution is -0.116. The van der Waals surface area contributed by atoms with Gasteiger partial charge in [-0.05, 0) is 59.7 Å². The number of amides is 1. The van der Waals surface area contributed by atoms with Gasteiger partial charge >= 0.3 is 0 Å². The second-order valence-corrected chi connectivity index (χ2v) is 9.10. The van der Waals surface area contributed by atoms with Crippen molar-refractivity contribution in [3.63, 3.8) is 0 Å². The van der Waals surface area contributed by atoms with Gasteiger partial charge in [0, 0.05) is 40.8 Å². The molecular weight excluding hydrogens is 406 g/mol. The number of aromatic nitrogens is 1. The number of anilines is 2. The van der Waals surface area contributed by atoms with Gasteiger partial charge in [-0.25, -0.2) is 0 Å². The molecule has 4 aromatic rings. The fourth-order valence-electron chi connectivity index (χ4n) is 5.46. The third kappa shape index (κ3) is 3.72. The van der Waals surface area contributed by atoms with Crippen molar-refractivity contribution in [3.05, 3.63) is 108 Å². The molecule has 4 heteroatoms. The minimum atomic E-state index is 0.0535. The molecule has 1 aliphatic carbocycles. The van der Waals surface area contributed by atoms with Gasteiger partial charge in [0.05, 0.1) is 6.04 Å². The smallest absolute Gasteiger partial charge is 0.224 e. The normalized spacial score (nSPS) is 20.8. The standard InChI is InChI=1S/C29H27N3O/c33-28(16-13-19-7-2-1-3-8-19)31-20-14-15-27-24(17-20)21-10-6-11-23(21)29(32-27)25-18-30-26-12-5-4-9-22(25)26/h1-10,12,14-15,17-18,21,23,29-30,32H,11,13,16H2,(H,31,33). The zero-order valence-corrected chi connectivity index (χ0v) is 18.4. The Morgan fingerprint density at radius 2 is 1.82 bits per heavy atom. The van der Waals surface area contributed by atoms with Crippen LogP contribution < -0.4 is 10.6 Å². The lowest BCUT2D eigenvalue weighted by Crippen LogP contribution is -2.29. The van der Waals surface area contributed by atoms with Gasteiger partial charge in [-0.1, -0.05) is 60.7 Å². The number of benzene rings is 3. The van der Waals surface area contributed by atoms with Gasteiger partial charge in [0.15, 0.2) is 0 Å². The Kier molecular flexibility index (Phi) is 4.99. The van der Waals surface area contributed by atoms with Crippen LogP contribution in [0.5, 0.6) is 0 Å². The van der Waals surface area contributed by atoms with Crippen molar-refractivity contribution in [1.29, 1.82) is 0 Å². The molecule has 2 heterocycles. The first kappa shape index (κ1) is 19.9. The Bertz CT molecular complexity index is 1340. The summed E-state index contributed by atoms with van der Waals surface area (Å²) in [6.07, 6.45) is 9.08. The zero-order chi connectivity index (χ0) is 22.2. The van der Waals surface area contributed by atoms with Crippen molar-refractivity contribution in [2.45, 2.75) is 31.2 Å². The molecule has 0 saturated carbocycles. The number of aryl methyl sites for hydroxylation is 1. The second-order valence-electron chi connectivity index (χ2n) is 9.10. The molecule has 3 atom stereocenters. The van der Waals surface area contributed by atoms with E-state index < -0.39 is 0 Å². The number of para-hydroxylation sites is 1. The van der Waals surface area contributed by atoms with Crippen LogP contribution in [0.4, 0.5) is 11.4 Å². The van der Waals surface area contributed by atoms with Gasteiger partial charge in [-0.15, -0.1) is 0 Å². The Morgan fingerprint density at radius 3 is 2.73 bits per heavy atom. The van der Waals surface area contributed by atoms with E-state index in [9.17, 15) is 4.79 Å². The molecule has 3 aromatic carbocycles. The zero-order valence-electron chi connectivity index (χ0n) is 18.4. The average molecular weight is 434 g/mol. The molecule has 6 rings (SSSR count). The number of fused-ring (bicyclic) bond motifs is 4. The van der Waals surface area contributed by atoms with Gasteiger partial charge in [-0.3, -0.25) is 4.79 Å². The van der Waals surface area contributed by atoms with Crippen molar-refractivity contribution >= 4 is 28.2 Å². The van der Waals surface area contributed by atoms with Crippen LogP contribution in [0.1, 0.15) is 41.5 Å². The summed E-state index contributed by atoms with van der Waals surface area (Å²) in [7, 11) is 0. The molecule has 3 N–H and O–H groups in total. The molecule has 0 fully saturated rings. The van der Waals surface area contributed by atoms with Crippen LogP contribution in [0.3, 0.4) is 0 Å². The predicted molar refractivity (Wildman–Crippen MR) is 134 cm³/mol. The number of nitrogens with one attached hydrogen (secondary N) is 3. The molecule has 4 nitrogen and oxygen atoms in total. The summed E-state index contributed by atoms with van der Waals surface area (Å²) in [5.41, 5.74) is 6.98. The lowest BCUT2D eigenvalue weighted by atomic mass is 9.77. The molecule has 0 saturated heterocycles. The molecule has 3 unspecified atom stereocenters. The monoisotopic (exact) mass is 433 g/mol. The highest BCUT2D eigenvalue weighted by atomic mass is 16.1. The van der Waals surface area contributed by atoms with Gasteiger partial charge in [0.25, 0.3) is 0 Å². The van der Waals surface area contributed by atoms with Crippen LogP contribution in [-0.4, -0.2) is 10.9 Å². The number of hydrogen-bond acceptors (Lipinski definition) is 2. The van der Waals surface area contributed by atoms with Crippen molar-refractivity contribution in [3.8, 4) is 0 Å². The third-order valence-electron chi connectivity index (χ3n) is 7.09. The summed E-state index contributed by atoms with van der Waals surface area (Å²) < 4.78 is 0. The first-order valence-electron chi connectivity index (χ1n) is 11.7.